The predicted octanol–water partition coefficient (Wildman–Crippen LogP) is 2.80. The van der Waals surface area contributed by atoms with Crippen molar-refractivity contribution in [3.63, 3.8) is 0 Å². The molecule has 1 fully saturated rings. The fourth-order valence-corrected chi connectivity index (χ4v) is 4.02. The average Bonchev–Trinajstić information content (AvgIpc) is 3.48. The molecule has 1 atom stereocenters. The first-order valence-corrected chi connectivity index (χ1v) is 10.7. The van der Waals surface area contributed by atoms with Crippen molar-refractivity contribution in [3.05, 3.63) is 59.0 Å². The second-order valence-electron chi connectivity index (χ2n) is 7.65. The van der Waals surface area contributed by atoms with Crippen molar-refractivity contribution in [3.8, 4) is 5.82 Å². The SMILES string of the molecule is O=C(N1CCN(c2ncc(F)c(-n3cnc(Cl)n3)n2)CC1)N1N=CCC1c1cc(F)cc(F)c1. The molecule has 0 saturated carbocycles. The standard InChI is InChI=1S/C20H17ClF3N9O/c21-18-26-11-32(29-18)17-15(24)10-25-19(28-17)30-3-5-31(6-4-30)20(34)33-16(1-2-27-33)12-7-13(22)9-14(23)8-12/h2,7-11,16H,1,3-6H2. The second kappa shape index (κ2) is 8.89. The minimum atomic E-state index is -0.713. The summed E-state index contributed by atoms with van der Waals surface area (Å²) in [4.78, 5) is 28.5. The lowest BCUT2D eigenvalue weighted by Crippen LogP contribution is -2.52. The maximum Gasteiger partial charge on any atom is 0.341 e. The van der Waals surface area contributed by atoms with E-state index in [0.29, 0.717) is 38.2 Å². The maximum absolute atomic E-state index is 14.2. The summed E-state index contributed by atoms with van der Waals surface area (Å²) in [6.45, 7) is 1.40. The third kappa shape index (κ3) is 4.25. The topological polar surface area (TPSA) is 95.6 Å². The molecule has 4 heterocycles. The van der Waals surface area contributed by atoms with E-state index in [1.807, 2.05) is 0 Å². The zero-order valence-corrected chi connectivity index (χ0v) is 18.3. The number of carbonyl (C=O) groups is 1. The Hall–Kier alpha value is -3.74. The molecule has 1 saturated heterocycles. The third-order valence-corrected chi connectivity index (χ3v) is 5.70. The van der Waals surface area contributed by atoms with Crippen LogP contribution < -0.4 is 4.90 Å². The van der Waals surface area contributed by atoms with E-state index >= 15 is 0 Å². The summed E-state index contributed by atoms with van der Waals surface area (Å²) in [5.41, 5.74) is 0.336. The number of carbonyl (C=O) groups excluding carboxylic acids is 1. The largest absolute Gasteiger partial charge is 0.341 e. The first-order chi connectivity index (χ1) is 16.4. The van der Waals surface area contributed by atoms with Gasteiger partial charge < -0.3 is 9.80 Å². The van der Waals surface area contributed by atoms with E-state index in [9.17, 15) is 18.0 Å². The van der Waals surface area contributed by atoms with Crippen LogP contribution in [0.2, 0.25) is 5.28 Å². The number of hydrazone groups is 1. The van der Waals surface area contributed by atoms with Gasteiger partial charge in [-0.25, -0.2) is 32.9 Å². The van der Waals surface area contributed by atoms with Gasteiger partial charge in [-0.15, -0.1) is 5.10 Å². The van der Waals surface area contributed by atoms with Crippen LogP contribution in [-0.2, 0) is 0 Å². The van der Waals surface area contributed by atoms with Crippen molar-refractivity contribution >= 4 is 29.8 Å². The number of urea groups is 1. The van der Waals surface area contributed by atoms with E-state index in [1.165, 1.54) is 23.5 Å². The van der Waals surface area contributed by atoms with Crippen LogP contribution in [-0.4, -0.2) is 73.1 Å². The molecule has 2 aliphatic rings. The zero-order chi connectivity index (χ0) is 23.8. The summed E-state index contributed by atoms with van der Waals surface area (Å²) in [5, 5.41) is 9.18. The van der Waals surface area contributed by atoms with Crippen LogP contribution in [0.4, 0.5) is 23.9 Å². The Morgan fingerprint density at radius 3 is 2.44 bits per heavy atom. The molecule has 0 spiro atoms. The van der Waals surface area contributed by atoms with Crippen molar-refractivity contribution in [2.45, 2.75) is 12.5 Å². The smallest absolute Gasteiger partial charge is 0.337 e. The van der Waals surface area contributed by atoms with Crippen LogP contribution in [0.3, 0.4) is 0 Å². The molecule has 176 valence electrons. The van der Waals surface area contributed by atoms with Crippen LogP contribution in [0.5, 0.6) is 0 Å². The molecule has 14 heteroatoms. The normalized spacial score (nSPS) is 18.1. The number of amides is 2. The highest BCUT2D eigenvalue weighted by Crippen LogP contribution is 2.30. The molecule has 2 amide bonds. The van der Waals surface area contributed by atoms with Gasteiger partial charge in [0.15, 0.2) is 11.6 Å². The molecule has 1 unspecified atom stereocenters. The van der Waals surface area contributed by atoms with Crippen LogP contribution in [0.1, 0.15) is 18.0 Å². The minimum absolute atomic E-state index is 0.0458. The maximum atomic E-state index is 14.2. The van der Waals surface area contributed by atoms with Crippen LogP contribution in [0.15, 0.2) is 35.8 Å². The van der Waals surface area contributed by atoms with Gasteiger partial charge in [-0.3, -0.25) is 0 Å². The lowest BCUT2D eigenvalue weighted by molar-refractivity contribution is 0.139. The van der Waals surface area contributed by atoms with Crippen molar-refractivity contribution < 1.29 is 18.0 Å². The molecule has 34 heavy (non-hydrogen) atoms. The van der Waals surface area contributed by atoms with Crippen LogP contribution >= 0.6 is 11.6 Å². The molecule has 5 rings (SSSR count). The summed E-state index contributed by atoms with van der Waals surface area (Å²) in [5.74, 6) is -1.95. The van der Waals surface area contributed by atoms with Crippen molar-refractivity contribution in [2.24, 2.45) is 5.10 Å². The van der Waals surface area contributed by atoms with Gasteiger partial charge in [0.2, 0.25) is 11.2 Å². The molecule has 2 aliphatic heterocycles. The van der Waals surface area contributed by atoms with Gasteiger partial charge in [0.25, 0.3) is 0 Å². The quantitative estimate of drug-likeness (QED) is 0.559. The van der Waals surface area contributed by atoms with Crippen LogP contribution in [0, 0.1) is 17.5 Å². The van der Waals surface area contributed by atoms with Gasteiger partial charge in [0.05, 0.1) is 12.2 Å². The van der Waals surface area contributed by atoms with Gasteiger partial charge in [-0.05, 0) is 29.3 Å². The first-order valence-electron chi connectivity index (χ1n) is 10.3. The lowest BCUT2D eigenvalue weighted by atomic mass is 10.0. The fourth-order valence-electron chi connectivity index (χ4n) is 3.89. The summed E-state index contributed by atoms with van der Waals surface area (Å²) in [6.07, 6.45) is 4.18. The van der Waals surface area contributed by atoms with E-state index in [4.69, 9.17) is 11.6 Å². The molecular formula is C20H17ClF3N9O. The van der Waals surface area contributed by atoms with Crippen molar-refractivity contribution in [1.29, 1.82) is 0 Å². The van der Waals surface area contributed by atoms with E-state index < -0.39 is 23.5 Å². The van der Waals surface area contributed by atoms with Gasteiger partial charge >= 0.3 is 6.03 Å². The molecule has 0 aliphatic carbocycles. The number of piperazine rings is 1. The number of benzene rings is 1. The number of rotatable bonds is 3. The van der Waals surface area contributed by atoms with E-state index in [2.05, 4.69) is 25.2 Å². The monoisotopic (exact) mass is 491 g/mol. The van der Waals surface area contributed by atoms with E-state index in [1.54, 1.807) is 16.0 Å². The molecular weight excluding hydrogens is 475 g/mol. The minimum Gasteiger partial charge on any atom is -0.337 e. The highest BCUT2D eigenvalue weighted by atomic mass is 35.5. The highest BCUT2D eigenvalue weighted by Gasteiger charge is 2.34. The van der Waals surface area contributed by atoms with Gasteiger partial charge in [0, 0.05) is 44.9 Å². The number of hydrogen-bond acceptors (Lipinski definition) is 7. The highest BCUT2D eigenvalue weighted by molar-refractivity contribution is 6.28. The third-order valence-electron chi connectivity index (χ3n) is 5.52. The van der Waals surface area contributed by atoms with Crippen LogP contribution in [0.25, 0.3) is 5.82 Å². The fraction of sp³-hybridized carbons (Fsp3) is 0.300. The lowest BCUT2D eigenvalue weighted by Gasteiger charge is -2.37. The Bertz CT molecular complexity index is 1240. The Morgan fingerprint density at radius 2 is 1.76 bits per heavy atom. The molecule has 0 radical (unpaired) electrons. The Kier molecular flexibility index (Phi) is 5.77. The molecule has 10 nitrogen and oxygen atoms in total. The number of anilines is 1. The van der Waals surface area contributed by atoms with Crippen molar-refractivity contribution in [1.82, 2.24) is 34.6 Å². The summed E-state index contributed by atoms with van der Waals surface area (Å²) in [6, 6.07) is 2.22. The van der Waals surface area contributed by atoms with E-state index in [0.717, 1.165) is 16.9 Å². The van der Waals surface area contributed by atoms with Gasteiger partial charge in [-0.1, -0.05) is 0 Å². The number of halogens is 4. The predicted molar refractivity (Wildman–Crippen MR) is 115 cm³/mol. The van der Waals surface area contributed by atoms with E-state index in [-0.39, 0.29) is 23.1 Å². The molecule has 1 aromatic carbocycles. The molecule has 0 bridgehead atoms. The second-order valence-corrected chi connectivity index (χ2v) is 7.99. The number of nitrogens with zero attached hydrogens (tertiary/aromatic N) is 9. The molecule has 2 aromatic heterocycles. The van der Waals surface area contributed by atoms with Crippen molar-refractivity contribution in [2.75, 3.05) is 31.1 Å². The number of hydrogen-bond donors (Lipinski definition) is 0. The van der Waals surface area contributed by atoms with Gasteiger partial charge in [-0.2, -0.15) is 14.8 Å². The Morgan fingerprint density at radius 1 is 1.03 bits per heavy atom. The zero-order valence-electron chi connectivity index (χ0n) is 17.5. The average molecular weight is 492 g/mol. The summed E-state index contributed by atoms with van der Waals surface area (Å²) < 4.78 is 42.7. The summed E-state index contributed by atoms with van der Waals surface area (Å²) >= 11 is 5.71. The number of aromatic nitrogens is 5. The Labute approximate surface area is 196 Å². The molecule has 0 N–H and O–H groups in total. The first kappa shape index (κ1) is 22.1. The molecule has 3 aromatic rings. The Balaban J connectivity index is 1.27. The summed E-state index contributed by atoms with van der Waals surface area (Å²) in [7, 11) is 0. The van der Waals surface area contributed by atoms with Gasteiger partial charge in [0.1, 0.15) is 18.0 Å².